The van der Waals surface area contributed by atoms with Crippen LogP contribution in [-0.2, 0) is 6.54 Å². The van der Waals surface area contributed by atoms with Gasteiger partial charge < -0.3 is 5.32 Å². The van der Waals surface area contributed by atoms with Crippen molar-refractivity contribution < 1.29 is 0 Å². The predicted molar refractivity (Wildman–Crippen MR) is 76.3 cm³/mol. The van der Waals surface area contributed by atoms with E-state index in [0.29, 0.717) is 0 Å². The molecule has 0 unspecified atom stereocenters. The maximum atomic E-state index is 4.36. The van der Waals surface area contributed by atoms with Crippen molar-refractivity contribution in [3.63, 3.8) is 0 Å². The minimum Gasteiger partial charge on any atom is -0.313 e. The van der Waals surface area contributed by atoms with Crippen LogP contribution in [0.15, 0.2) is 35.5 Å². The molecule has 92 valence electrons. The van der Waals surface area contributed by atoms with E-state index in [2.05, 4.69) is 48.4 Å². The van der Waals surface area contributed by atoms with Crippen molar-refractivity contribution in [2.45, 2.75) is 34.2 Å². The van der Waals surface area contributed by atoms with Crippen LogP contribution in [0.5, 0.6) is 0 Å². The summed E-state index contributed by atoms with van der Waals surface area (Å²) in [7, 11) is 0. The van der Waals surface area contributed by atoms with Crippen LogP contribution in [0.3, 0.4) is 0 Å². The molecule has 0 amide bonds. The van der Waals surface area contributed by atoms with Gasteiger partial charge in [0.1, 0.15) is 0 Å². The van der Waals surface area contributed by atoms with E-state index in [0.717, 1.165) is 18.8 Å². The number of nitrogens with zero attached hydrogens (tertiary/aromatic N) is 1. The molecule has 0 aliphatic heterocycles. The molecule has 0 atom stereocenters. The lowest BCUT2D eigenvalue weighted by atomic mass is 10.0. The van der Waals surface area contributed by atoms with Gasteiger partial charge in [-0.2, -0.15) is 0 Å². The Kier molecular flexibility index (Phi) is 5.64. The average molecular weight is 230 g/mol. The molecule has 0 saturated carbocycles. The van der Waals surface area contributed by atoms with Crippen molar-refractivity contribution in [3.05, 3.63) is 41.6 Å². The first-order chi connectivity index (χ1) is 8.15. The topological polar surface area (TPSA) is 24.4 Å². The van der Waals surface area contributed by atoms with E-state index < -0.39 is 0 Å². The summed E-state index contributed by atoms with van der Waals surface area (Å²) in [5.74, 6) is 0. The third kappa shape index (κ3) is 4.53. The summed E-state index contributed by atoms with van der Waals surface area (Å²) in [6, 6.07) is 8.47. The quantitative estimate of drug-likeness (QED) is 0.767. The molecule has 0 aliphatic rings. The van der Waals surface area contributed by atoms with Crippen LogP contribution in [-0.4, -0.2) is 12.3 Å². The zero-order chi connectivity index (χ0) is 12.7. The van der Waals surface area contributed by atoms with Crippen molar-refractivity contribution in [2.24, 2.45) is 4.99 Å². The van der Waals surface area contributed by atoms with E-state index in [1.165, 1.54) is 16.7 Å². The lowest BCUT2D eigenvalue weighted by Gasteiger charge is -2.09. The van der Waals surface area contributed by atoms with Crippen LogP contribution in [0.1, 0.15) is 38.8 Å². The van der Waals surface area contributed by atoms with Gasteiger partial charge in [-0.05, 0) is 44.0 Å². The van der Waals surface area contributed by atoms with Crippen LogP contribution < -0.4 is 5.32 Å². The molecule has 2 heteroatoms. The highest BCUT2D eigenvalue weighted by Crippen LogP contribution is 2.18. The lowest BCUT2D eigenvalue weighted by molar-refractivity contribution is 0.725. The van der Waals surface area contributed by atoms with E-state index in [-0.39, 0.29) is 0 Å². The predicted octanol–water partition coefficient (Wildman–Crippen LogP) is 3.64. The molecule has 1 aromatic carbocycles. The second kappa shape index (κ2) is 7.02. The van der Waals surface area contributed by atoms with Crippen LogP contribution in [0, 0.1) is 0 Å². The first-order valence-electron chi connectivity index (χ1n) is 6.12. The first kappa shape index (κ1) is 13.7. The molecule has 0 aromatic heterocycles. The van der Waals surface area contributed by atoms with Gasteiger partial charge in [-0.25, -0.2) is 0 Å². The van der Waals surface area contributed by atoms with Crippen LogP contribution in [0.4, 0.5) is 0 Å². The van der Waals surface area contributed by atoms with Gasteiger partial charge >= 0.3 is 0 Å². The highest BCUT2D eigenvalue weighted by molar-refractivity contribution is 5.81. The molecule has 17 heavy (non-hydrogen) atoms. The summed E-state index contributed by atoms with van der Waals surface area (Å²) in [5.41, 5.74) is 4.89. The second-order valence-corrected chi connectivity index (χ2v) is 4.33. The summed E-state index contributed by atoms with van der Waals surface area (Å²) in [5, 5.41) is 3.36. The normalized spacial score (nSPS) is 11.4. The minimum atomic E-state index is 0.909. The third-order valence-corrected chi connectivity index (χ3v) is 2.52. The maximum absolute atomic E-state index is 4.36. The smallest absolute Gasteiger partial charge is 0.0302 e. The third-order valence-electron chi connectivity index (χ3n) is 2.52. The number of allylic oxidation sites excluding steroid dienone is 1. The summed E-state index contributed by atoms with van der Waals surface area (Å²) in [6.07, 6.45) is 1.94. The molecule has 0 aliphatic carbocycles. The van der Waals surface area contributed by atoms with Crippen LogP contribution in [0.2, 0.25) is 0 Å². The number of hydrogen-bond donors (Lipinski definition) is 1. The molecule has 1 aromatic rings. The van der Waals surface area contributed by atoms with E-state index in [4.69, 9.17) is 0 Å². The molecule has 0 spiro atoms. The number of hydrogen-bond acceptors (Lipinski definition) is 2. The standard InChI is InChI=1S/C15H22N2/c1-5-16-11-14-8-6-7-9-15(14)13(4)10-17-12(2)3/h6-10,16H,5,11H2,1-4H3/b13-10+. The molecule has 0 heterocycles. The summed E-state index contributed by atoms with van der Waals surface area (Å²) in [6.45, 7) is 10.1. The van der Waals surface area contributed by atoms with Gasteiger partial charge in [0, 0.05) is 18.5 Å². The number of rotatable bonds is 5. The van der Waals surface area contributed by atoms with Gasteiger partial charge in [0.25, 0.3) is 0 Å². The van der Waals surface area contributed by atoms with Crippen LogP contribution >= 0.6 is 0 Å². The van der Waals surface area contributed by atoms with Crippen LogP contribution in [0.25, 0.3) is 5.57 Å². The van der Waals surface area contributed by atoms with Crippen molar-refractivity contribution in [1.82, 2.24) is 5.32 Å². The molecule has 1 N–H and O–H groups in total. The fourth-order valence-corrected chi connectivity index (χ4v) is 1.61. The summed E-state index contributed by atoms with van der Waals surface area (Å²) < 4.78 is 0. The Hall–Kier alpha value is -1.41. The van der Waals surface area contributed by atoms with Gasteiger partial charge in [-0.1, -0.05) is 31.2 Å². The lowest BCUT2D eigenvalue weighted by Crippen LogP contribution is -2.12. The molecule has 1 rings (SSSR count). The Bertz CT molecular complexity index is 413. The van der Waals surface area contributed by atoms with Crippen molar-refractivity contribution in [3.8, 4) is 0 Å². The number of aliphatic imine (C=N–C) groups is 1. The molecule has 0 fully saturated rings. The monoisotopic (exact) mass is 230 g/mol. The van der Waals surface area contributed by atoms with E-state index in [1.54, 1.807) is 0 Å². The van der Waals surface area contributed by atoms with Gasteiger partial charge in [0.15, 0.2) is 0 Å². The molecular weight excluding hydrogens is 208 g/mol. The van der Waals surface area contributed by atoms with Crippen molar-refractivity contribution in [2.75, 3.05) is 6.54 Å². The highest BCUT2D eigenvalue weighted by atomic mass is 14.8. The Balaban J connectivity index is 2.96. The zero-order valence-electron chi connectivity index (χ0n) is 11.2. The molecule has 2 nitrogen and oxygen atoms in total. The Morgan fingerprint density at radius 3 is 2.59 bits per heavy atom. The molecule has 0 saturated heterocycles. The SMILES string of the molecule is CCNCc1ccccc1/C(C)=C/N=C(C)C. The Labute approximate surface area is 104 Å². The van der Waals surface area contributed by atoms with Crippen molar-refractivity contribution in [1.29, 1.82) is 0 Å². The zero-order valence-corrected chi connectivity index (χ0v) is 11.2. The largest absolute Gasteiger partial charge is 0.313 e. The van der Waals surface area contributed by atoms with E-state index in [9.17, 15) is 0 Å². The second-order valence-electron chi connectivity index (χ2n) is 4.33. The summed E-state index contributed by atoms with van der Waals surface area (Å²) >= 11 is 0. The van der Waals surface area contributed by atoms with E-state index >= 15 is 0 Å². The first-order valence-corrected chi connectivity index (χ1v) is 6.12. The molecular formula is C15H22N2. The van der Waals surface area contributed by atoms with Crippen molar-refractivity contribution >= 4 is 11.3 Å². The van der Waals surface area contributed by atoms with Gasteiger partial charge in [0.05, 0.1) is 0 Å². The fraction of sp³-hybridized carbons (Fsp3) is 0.400. The van der Waals surface area contributed by atoms with Gasteiger partial charge in [0.2, 0.25) is 0 Å². The van der Waals surface area contributed by atoms with Gasteiger partial charge in [-0.3, -0.25) is 4.99 Å². The number of nitrogens with one attached hydrogen (secondary N) is 1. The van der Waals surface area contributed by atoms with Gasteiger partial charge in [-0.15, -0.1) is 0 Å². The fourth-order valence-electron chi connectivity index (χ4n) is 1.61. The Morgan fingerprint density at radius 1 is 1.24 bits per heavy atom. The average Bonchev–Trinajstić information content (AvgIpc) is 2.33. The number of benzene rings is 1. The molecule has 0 radical (unpaired) electrons. The highest BCUT2D eigenvalue weighted by Gasteiger charge is 2.02. The maximum Gasteiger partial charge on any atom is 0.0302 e. The minimum absolute atomic E-state index is 0.909. The molecule has 0 bridgehead atoms. The summed E-state index contributed by atoms with van der Waals surface area (Å²) in [4.78, 5) is 4.36. The van der Waals surface area contributed by atoms with E-state index in [1.807, 2.05) is 20.0 Å². The Morgan fingerprint density at radius 2 is 1.94 bits per heavy atom.